The fourth-order valence-corrected chi connectivity index (χ4v) is 4.44. The predicted octanol–water partition coefficient (Wildman–Crippen LogP) is 3.15. The molecule has 2 amide bonds. The van der Waals surface area contributed by atoms with Crippen molar-refractivity contribution in [3.8, 4) is 0 Å². The molecular weight excluding hydrogens is 426 g/mol. The zero-order valence-electron chi connectivity index (χ0n) is 18.9. The van der Waals surface area contributed by atoms with E-state index in [2.05, 4.69) is 15.2 Å². The summed E-state index contributed by atoms with van der Waals surface area (Å²) in [5.41, 5.74) is 3.40. The summed E-state index contributed by atoms with van der Waals surface area (Å²) in [6, 6.07) is 25.0. The fraction of sp³-hybridized carbons (Fsp3) is 0.222. The summed E-state index contributed by atoms with van der Waals surface area (Å²) < 4.78 is 1.88. The Labute approximate surface area is 198 Å². The van der Waals surface area contributed by atoms with Gasteiger partial charge in [0.15, 0.2) is 0 Å². The van der Waals surface area contributed by atoms with Gasteiger partial charge >= 0.3 is 0 Å². The molecule has 1 unspecified atom stereocenters. The largest absolute Gasteiger partial charge is 0.350 e. The van der Waals surface area contributed by atoms with Crippen LogP contribution in [0.4, 0.5) is 0 Å². The Bertz CT molecular complexity index is 1260. The number of aromatic nitrogens is 2. The van der Waals surface area contributed by atoms with E-state index in [1.54, 1.807) is 6.33 Å². The number of nitrogens with one attached hydrogen (secondary N) is 1. The zero-order valence-corrected chi connectivity index (χ0v) is 18.9. The molecule has 7 heteroatoms. The van der Waals surface area contributed by atoms with Crippen LogP contribution in [-0.4, -0.2) is 57.2 Å². The van der Waals surface area contributed by atoms with Gasteiger partial charge in [0.2, 0.25) is 5.91 Å². The Morgan fingerprint density at radius 3 is 2.32 bits per heavy atom. The van der Waals surface area contributed by atoms with Gasteiger partial charge in [-0.2, -0.15) is 0 Å². The smallest absolute Gasteiger partial charge is 0.272 e. The lowest BCUT2D eigenvalue weighted by atomic mass is 10.0. The van der Waals surface area contributed by atoms with E-state index in [1.807, 2.05) is 94.4 Å². The number of hydrogen-bond acceptors (Lipinski definition) is 4. The minimum atomic E-state index is -0.405. The summed E-state index contributed by atoms with van der Waals surface area (Å²) in [6.07, 6.45) is 3.57. The van der Waals surface area contributed by atoms with Gasteiger partial charge in [-0.1, -0.05) is 60.7 Å². The SMILES string of the molecule is O=C(NCc1ccccc1)C(c1ccccc1)N1CCN(C(=O)c2cc3cccn3cn2)CC1. The molecule has 0 bridgehead atoms. The van der Waals surface area contributed by atoms with E-state index in [9.17, 15) is 9.59 Å². The van der Waals surface area contributed by atoms with E-state index >= 15 is 0 Å². The van der Waals surface area contributed by atoms with E-state index < -0.39 is 6.04 Å². The van der Waals surface area contributed by atoms with E-state index in [0.29, 0.717) is 38.4 Å². The molecule has 0 aliphatic carbocycles. The first-order chi connectivity index (χ1) is 16.7. The van der Waals surface area contributed by atoms with Gasteiger partial charge in [-0.3, -0.25) is 14.5 Å². The van der Waals surface area contributed by atoms with Crippen molar-refractivity contribution in [2.24, 2.45) is 0 Å². The monoisotopic (exact) mass is 453 g/mol. The van der Waals surface area contributed by atoms with Crippen LogP contribution in [0.3, 0.4) is 0 Å². The second kappa shape index (κ2) is 9.89. The average Bonchev–Trinajstić information content (AvgIpc) is 3.37. The highest BCUT2D eigenvalue weighted by Crippen LogP contribution is 2.23. The van der Waals surface area contributed by atoms with Crippen LogP contribution in [0.15, 0.2) is 91.4 Å². The molecule has 7 nitrogen and oxygen atoms in total. The van der Waals surface area contributed by atoms with Crippen molar-refractivity contribution in [3.05, 3.63) is 108 Å². The second-order valence-electron chi connectivity index (χ2n) is 8.46. The summed E-state index contributed by atoms with van der Waals surface area (Å²) in [5.74, 6) is -0.108. The third-order valence-electron chi connectivity index (χ3n) is 6.28. The van der Waals surface area contributed by atoms with Gasteiger partial charge in [-0.15, -0.1) is 0 Å². The minimum absolute atomic E-state index is 0.0322. The van der Waals surface area contributed by atoms with Gasteiger partial charge in [0.25, 0.3) is 5.91 Å². The molecule has 0 radical (unpaired) electrons. The van der Waals surface area contributed by atoms with Crippen molar-refractivity contribution in [1.29, 1.82) is 0 Å². The van der Waals surface area contributed by atoms with E-state index in [1.165, 1.54) is 0 Å². The van der Waals surface area contributed by atoms with Crippen LogP contribution < -0.4 is 5.32 Å². The first kappa shape index (κ1) is 21.9. The number of fused-ring (bicyclic) bond motifs is 1. The topological polar surface area (TPSA) is 70.0 Å². The maximum atomic E-state index is 13.3. The Kier molecular flexibility index (Phi) is 6.35. The van der Waals surface area contributed by atoms with Crippen molar-refractivity contribution in [3.63, 3.8) is 0 Å². The molecule has 3 heterocycles. The van der Waals surface area contributed by atoms with E-state index in [4.69, 9.17) is 0 Å². The lowest BCUT2D eigenvalue weighted by molar-refractivity contribution is -0.127. The number of piperazine rings is 1. The molecule has 0 spiro atoms. The molecule has 4 aromatic rings. The van der Waals surface area contributed by atoms with Crippen molar-refractivity contribution in [2.75, 3.05) is 26.2 Å². The maximum absolute atomic E-state index is 13.3. The molecule has 2 aromatic heterocycles. The minimum Gasteiger partial charge on any atom is -0.350 e. The van der Waals surface area contributed by atoms with Crippen molar-refractivity contribution in [2.45, 2.75) is 12.6 Å². The van der Waals surface area contributed by atoms with Crippen LogP contribution in [0, 0.1) is 0 Å². The van der Waals surface area contributed by atoms with E-state index in [-0.39, 0.29) is 11.8 Å². The van der Waals surface area contributed by atoms with Gasteiger partial charge in [0, 0.05) is 44.4 Å². The van der Waals surface area contributed by atoms with Crippen LogP contribution in [-0.2, 0) is 11.3 Å². The molecule has 1 aliphatic rings. The fourth-order valence-electron chi connectivity index (χ4n) is 4.44. The Balaban J connectivity index is 1.27. The van der Waals surface area contributed by atoms with Crippen molar-refractivity contribution in [1.82, 2.24) is 24.5 Å². The molecule has 5 rings (SSSR count). The highest BCUT2D eigenvalue weighted by Gasteiger charge is 2.32. The molecule has 1 fully saturated rings. The van der Waals surface area contributed by atoms with Crippen LogP contribution in [0.25, 0.3) is 5.52 Å². The predicted molar refractivity (Wildman–Crippen MR) is 130 cm³/mol. The van der Waals surface area contributed by atoms with Crippen LogP contribution in [0.5, 0.6) is 0 Å². The van der Waals surface area contributed by atoms with Crippen LogP contribution in [0.1, 0.15) is 27.7 Å². The third-order valence-corrected chi connectivity index (χ3v) is 6.28. The molecule has 0 saturated carbocycles. The number of nitrogens with zero attached hydrogens (tertiary/aromatic N) is 4. The number of carbonyl (C=O) groups excluding carboxylic acids is 2. The van der Waals surface area contributed by atoms with Crippen molar-refractivity contribution < 1.29 is 9.59 Å². The average molecular weight is 454 g/mol. The summed E-state index contributed by atoms with van der Waals surface area (Å²) >= 11 is 0. The zero-order chi connectivity index (χ0) is 23.3. The quantitative estimate of drug-likeness (QED) is 0.487. The van der Waals surface area contributed by atoms with Gasteiger partial charge < -0.3 is 14.6 Å². The van der Waals surface area contributed by atoms with Gasteiger partial charge in [0.1, 0.15) is 11.7 Å². The normalized spacial score (nSPS) is 15.2. The Hall–Kier alpha value is -3.97. The molecule has 1 N–H and O–H groups in total. The molecule has 1 saturated heterocycles. The number of carbonyl (C=O) groups is 2. The van der Waals surface area contributed by atoms with Crippen LogP contribution >= 0.6 is 0 Å². The highest BCUT2D eigenvalue weighted by atomic mass is 16.2. The molecule has 1 atom stereocenters. The molecule has 2 aromatic carbocycles. The van der Waals surface area contributed by atoms with E-state index in [0.717, 1.165) is 16.6 Å². The number of hydrogen-bond donors (Lipinski definition) is 1. The highest BCUT2D eigenvalue weighted by molar-refractivity contribution is 5.93. The number of amides is 2. The molecule has 172 valence electrons. The Morgan fingerprint density at radius 2 is 1.59 bits per heavy atom. The summed E-state index contributed by atoms with van der Waals surface area (Å²) in [5, 5.41) is 3.10. The lowest BCUT2D eigenvalue weighted by Gasteiger charge is -2.38. The number of benzene rings is 2. The van der Waals surface area contributed by atoms with Crippen LogP contribution in [0.2, 0.25) is 0 Å². The van der Waals surface area contributed by atoms with Gasteiger partial charge in [-0.05, 0) is 29.3 Å². The van der Waals surface area contributed by atoms with Crippen molar-refractivity contribution >= 4 is 17.3 Å². The summed E-state index contributed by atoms with van der Waals surface area (Å²) in [7, 11) is 0. The maximum Gasteiger partial charge on any atom is 0.272 e. The second-order valence-corrected chi connectivity index (χ2v) is 8.46. The Morgan fingerprint density at radius 1 is 0.882 bits per heavy atom. The standard InChI is InChI=1S/C27H27N5O2/c33-26(28-19-21-8-3-1-4-9-21)25(22-10-5-2-6-11-22)30-14-16-31(17-15-30)27(34)24-18-23-12-7-13-32(23)20-29-24/h1-13,18,20,25H,14-17,19H2,(H,28,33). The third kappa shape index (κ3) is 4.70. The molecular formula is C27H27N5O2. The molecule has 34 heavy (non-hydrogen) atoms. The first-order valence-corrected chi connectivity index (χ1v) is 11.5. The molecule has 1 aliphatic heterocycles. The summed E-state index contributed by atoms with van der Waals surface area (Å²) in [6.45, 7) is 2.79. The number of rotatable bonds is 6. The first-order valence-electron chi connectivity index (χ1n) is 11.5. The lowest BCUT2D eigenvalue weighted by Crippen LogP contribution is -2.52. The van der Waals surface area contributed by atoms with Gasteiger partial charge in [0.05, 0.1) is 6.33 Å². The summed E-state index contributed by atoms with van der Waals surface area (Å²) in [4.78, 5) is 34.7. The van der Waals surface area contributed by atoms with Gasteiger partial charge in [-0.25, -0.2) is 4.98 Å².